The molecule has 1 fully saturated rings. The summed E-state index contributed by atoms with van der Waals surface area (Å²) in [5.41, 5.74) is 7.47. The highest BCUT2D eigenvalue weighted by Gasteiger charge is 2.29. The van der Waals surface area contributed by atoms with Crippen LogP contribution in [0.15, 0.2) is 30.3 Å². The molecule has 0 radical (unpaired) electrons. The quantitative estimate of drug-likeness (QED) is 0.782. The first kappa shape index (κ1) is 12.6. The van der Waals surface area contributed by atoms with Gasteiger partial charge in [-0.3, -0.25) is 4.90 Å². The lowest BCUT2D eigenvalue weighted by atomic mass is 10.1. The minimum absolute atomic E-state index is 0.105. The lowest BCUT2D eigenvalue weighted by Crippen LogP contribution is -2.36. The summed E-state index contributed by atoms with van der Waals surface area (Å²) in [6.07, 6.45) is 2.62. The molecule has 0 aliphatic heterocycles. The van der Waals surface area contributed by atoms with Crippen LogP contribution in [-0.2, 0) is 4.74 Å². The molecular formula is C14H22N2O. The van der Waals surface area contributed by atoms with Crippen LogP contribution in [0.2, 0.25) is 0 Å². The van der Waals surface area contributed by atoms with Crippen molar-refractivity contribution in [2.75, 3.05) is 26.8 Å². The first-order valence-corrected chi connectivity index (χ1v) is 6.35. The number of benzene rings is 1. The van der Waals surface area contributed by atoms with Gasteiger partial charge < -0.3 is 10.5 Å². The van der Waals surface area contributed by atoms with Crippen LogP contribution < -0.4 is 5.73 Å². The van der Waals surface area contributed by atoms with E-state index >= 15 is 0 Å². The molecule has 1 aromatic carbocycles. The summed E-state index contributed by atoms with van der Waals surface area (Å²) in [5.74, 6) is 0. The van der Waals surface area contributed by atoms with E-state index in [-0.39, 0.29) is 6.04 Å². The van der Waals surface area contributed by atoms with Gasteiger partial charge in [0, 0.05) is 32.3 Å². The van der Waals surface area contributed by atoms with E-state index in [1.807, 2.05) is 18.2 Å². The van der Waals surface area contributed by atoms with E-state index in [0.29, 0.717) is 0 Å². The van der Waals surface area contributed by atoms with E-state index in [1.54, 1.807) is 7.11 Å². The molecule has 1 aromatic rings. The van der Waals surface area contributed by atoms with Crippen molar-refractivity contribution in [3.8, 4) is 0 Å². The van der Waals surface area contributed by atoms with Crippen LogP contribution in [-0.4, -0.2) is 37.7 Å². The molecule has 3 nitrogen and oxygen atoms in total. The van der Waals surface area contributed by atoms with Crippen LogP contribution in [0, 0.1) is 0 Å². The number of nitrogens with two attached hydrogens (primary N) is 1. The third kappa shape index (κ3) is 3.80. The van der Waals surface area contributed by atoms with Gasteiger partial charge in [0.25, 0.3) is 0 Å². The Hall–Kier alpha value is -0.900. The zero-order valence-electron chi connectivity index (χ0n) is 10.5. The van der Waals surface area contributed by atoms with Gasteiger partial charge in [0.2, 0.25) is 0 Å². The van der Waals surface area contributed by atoms with E-state index in [0.717, 1.165) is 25.7 Å². The summed E-state index contributed by atoms with van der Waals surface area (Å²) in [6.45, 7) is 2.71. The fraction of sp³-hybridized carbons (Fsp3) is 0.571. The Morgan fingerprint density at radius 1 is 1.35 bits per heavy atom. The lowest BCUT2D eigenvalue weighted by Gasteiger charge is -2.25. The van der Waals surface area contributed by atoms with Crippen molar-refractivity contribution in [3.63, 3.8) is 0 Å². The SMILES string of the molecule is COCCN(CC(N)c1ccccc1)C1CC1. The minimum Gasteiger partial charge on any atom is -0.383 e. The molecule has 0 spiro atoms. The second-order valence-electron chi connectivity index (χ2n) is 4.74. The highest BCUT2D eigenvalue weighted by molar-refractivity contribution is 5.18. The second-order valence-corrected chi connectivity index (χ2v) is 4.74. The average molecular weight is 234 g/mol. The molecule has 1 unspecified atom stereocenters. The molecule has 3 heteroatoms. The highest BCUT2D eigenvalue weighted by atomic mass is 16.5. The van der Waals surface area contributed by atoms with Crippen LogP contribution >= 0.6 is 0 Å². The van der Waals surface area contributed by atoms with Crippen molar-refractivity contribution in [2.24, 2.45) is 5.73 Å². The van der Waals surface area contributed by atoms with E-state index in [4.69, 9.17) is 10.5 Å². The number of ether oxygens (including phenoxy) is 1. The standard InChI is InChI=1S/C14H22N2O/c1-17-10-9-16(13-7-8-13)11-14(15)12-5-3-2-4-6-12/h2-6,13-14H,7-11,15H2,1H3. The van der Waals surface area contributed by atoms with Crippen LogP contribution in [0.25, 0.3) is 0 Å². The van der Waals surface area contributed by atoms with Crippen molar-refractivity contribution in [3.05, 3.63) is 35.9 Å². The van der Waals surface area contributed by atoms with Crippen molar-refractivity contribution >= 4 is 0 Å². The Morgan fingerprint density at radius 3 is 2.65 bits per heavy atom. The normalized spacial score (nSPS) is 17.4. The van der Waals surface area contributed by atoms with E-state index in [2.05, 4.69) is 17.0 Å². The summed E-state index contributed by atoms with van der Waals surface area (Å²) in [7, 11) is 1.75. The molecule has 0 amide bonds. The lowest BCUT2D eigenvalue weighted by molar-refractivity contribution is 0.139. The largest absolute Gasteiger partial charge is 0.383 e. The van der Waals surface area contributed by atoms with Crippen molar-refractivity contribution in [1.29, 1.82) is 0 Å². The fourth-order valence-corrected chi connectivity index (χ4v) is 2.13. The summed E-state index contributed by atoms with van der Waals surface area (Å²) in [4.78, 5) is 2.46. The maximum Gasteiger partial charge on any atom is 0.0589 e. The van der Waals surface area contributed by atoms with E-state index in [9.17, 15) is 0 Å². The molecule has 1 saturated carbocycles. The number of hydrogen-bond acceptors (Lipinski definition) is 3. The molecule has 2 rings (SSSR count). The van der Waals surface area contributed by atoms with Crippen molar-refractivity contribution in [1.82, 2.24) is 4.90 Å². The van der Waals surface area contributed by atoms with Gasteiger partial charge in [-0.05, 0) is 18.4 Å². The molecule has 1 atom stereocenters. The predicted molar refractivity (Wildman–Crippen MR) is 69.8 cm³/mol. The summed E-state index contributed by atoms with van der Waals surface area (Å²) >= 11 is 0. The van der Waals surface area contributed by atoms with Gasteiger partial charge in [0.15, 0.2) is 0 Å². The monoisotopic (exact) mass is 234 g/mol. The number of nitrogens with zero attached hydrogens (tertiary/aromatic N) is 1. The molecule has 17 heavy (non-hydrogen) atoms. The maximum atomic E-state index is 6.25. The Morgan fingerprint density at radius 2 is 2.06 bits per heavy atom. The van der Waals surface area contributed by atoms with Gasteiger partial charge >= 0.3 is 0 Å². The van der Waals surface area contributed by atoms with Gasteiger partial charge in [-0.2, -0.15) is 0 Å². The summed E-state index contributed by atoms with van der Waals surface area (Å²) < 4.78 is 5.16. The Bertz CT molecular complexity index is 324. The molecule has 0 heterocycles. The summed E-state index contributed by atoms with van der Waals surface area (Å²) in [6, 6.07) is 11.2. The number of methoxy groups -OCH3 is 1. The average Bonchev–Trinajstić information content (AvgIpc) is 3.19. The van der Waals surface area contributed by atoms with Gasteiger partial charge in [-0.25, -0.2) is 0 Å². The van der Waals surface area contributed by atoms with Gasteiger partial charge in [0.1, 0.15) is 0 Å². The highest BCUT2D eigenvalue weighted by Crippen LogP contribution is 2.28. The Labute approximate surface area is 104 Å². The van der Waals surface area contributed by atoms with Crippen LogP contribution in [0.4, 0.5) is 0 Å². The third-order valence-electron chi connectivity index (χ3n) is 3.30. The van der Waals surface area contributed by atoms with Crippen LogP contribution in [0.1, 0.15) is 24.4 Å². The second kappa shape index (κ2) is 6.15. The molecule has 94 valence electrons. The first-order valence-electron chi connectivity index (χ1n) is 6.35. The maximum absolute atomic E-state index is 6.25. The molecular weight excluding hydrogens is 212 g/mol. The summed E-state index contributed by atoms with van der Waals surface area (Å²) in [5, 5.41) is 0. The van der Waals surface area contributed by atoms with Gasteiger partial charge in [0.05, 0.1) is 6.61 Å². The van der Waals surface area contributed by atoms with Crippen LogP contribution in [0.5, 0.6) is 0 Å². The number of hydrogen-bond donors (Lipinski definition) is 1. The molecule has 1 aliphatic rings. The smallest absolute Gasteiger partial charge is 0.0589 e. The first-order chi connectivity index (χ1) is 8.31. The number of rotatable bonds is 7. The fourth-order valence-electron chi connectivity index (χ4n) is 2.13. The minimum atomic E-state index is 0.105. The van der Waals surface area contributed by atoms with E-state index < -0.39 is 0 Å². The Kier molecular flexibility index (Phi) is 4.54. The van der Waals surface area contributed by atoms with Crippen LogP contribution in [0.3, 0.4) is 0 Å². The van der Waals surface area contributed by atoms with Crippen molar-refractivity contribution < 1.29 is 4.74 Å². The zero-order valence-corrected chi connectivity index (χ0v) is 10.5. The predicted octanol–water partition coefficient (Wildman–Crippen LogP) is 1.80. The molecule has 1 aliphatic carbocycles. The van der Waals surface area contributed by atoms with Gasteiger partial charge in [-0.15, -0.1) is 0 Å². The molecule has 0 saturated heterocycles. The molecule has 0 aromatic heterocycles. The van der Waals surface area contributed by atoms with E-state index in [1.165, 1.54) is 18.4 Å². The third-order valence-corrected chi connectivity index (χ3v) is 3.30. The Balaban J connectivity index is 1.88. The van der Waals surface area contributed by atoms with Gasteiger partial charge in [-0.1, -0.05) is 30.3 Å². The topological polar surface area (TPSA) is 38.5 Å². The molecule has 0 bridgehead atoms. The zero-order chi connectivity index (χ0) is 12.1. The molecule has 2 N–H and O–H groups in total. The van der Waals surface area contributed by atoms with Crippen molar-refractivity contribution in [2.45, 2.75) is 24.9 Å².